The number of methoxy groups -OCH3 is 1. The fraction of sp³-hybridized carbons (Fsp3) is 0.643. The third-order valence-electron chi connectivity index (χ3n) is 2.67. The average Bonchev–Trinajstić information content (AvgIpc) is 2.85. The van der Waals surface area contributed by atoms with Gasteiger partial charge in [0.1, 0.15) is 12.2 Å². The number of aromatic nitrogens is 2. The lowest BCUT2D eigenvalue weighted by Gasteiger charge is -2.19. The Hall–Kier alpha value is -2.14. The van der Waals surface area contributed by atoms with E-state index in [0.29, 0.717) is 5.69 Å². The fourth-order valence-electron chi connectivity index (χ4n) is 1.72. The zero-order valence-electron chi connectivity index (χ0n) is 14.9. The van der Waals surface area contributed by atoms with Crippen LogP contribution in [0.1, 0.15) is 37.0 Å². The molecule has 0 spiro atoms. The first-order valence-electron chi connectivity index (χ1n) is 7.37. The van der Waals surface area contributed by atoms with Crippen LogP contribution in [0.5, 0.6) is 0 Å². The largest absolute Gasteiger partial charge is 0.464 e. The standard InChI is InChI=1S/C14H23N3O7S/c1-14(2,3)24-13(19)15-6-7-17-10(9-23-25(5,20)21)8-11(16-17)12(18)22-4/h8H,6-7,9H2,1-5H3,(H,15,19). The van der Waals surface area contributed by atoms with Gasteiger partial charge in [-0.1, -0.05) is 0 Å². The molecule has 0 fully saturated rings. The number of hydrogen-bond acceptors (Lipinski definition) is 8. The molecule has 25 heavy (non-hydrogen) atoms. The SMILES string of the molecule is COC(=O)c1cc(COS(C)(=O)=O)n(CCNC(=O)OC(C)(C)C)n1. The number of amides is 1. The highest BCUT2D eigenvalue weighted by molar-refractivity contribution is 7.85. The number of alkyl carbamates (subject to hydrolysis) is 1. The van der Waals surface area contributed by atoms with Crippen molar-refractivity contribution in [2.75, 3.05) is 19.9 Å². The summed E-state index contributed by atoms with van der Waals surface area (Å²) >= 11 is 0. The average molecular weight is 377 g/mol. The van der Waals surface area contributed by atoms with E-state index in [0.717, 1.165) is 6.26 Å². The Balaban J connectivity index is 2.77. The summed E-state index contributed by atoms with van der Waals surface area (Å²) < 4.78 is 38.0. The van der Waals surface area contributed by atoms with Crippen LogP contribution in [-0.4, -0.2) is 55.8 Å². The second kappa shape index (κ2) is 8.30. The first-order valence-corrected chi connectivity index (χ1v) is 9.19. The second-order valence-corrected chi connectivity index (χ2v) is 7.77. The maximum Gasteiger partial charge on any atom is 0.407 e. The molecule has 0 saturated carbocycles. The minimum Gasteiger partial charge on any atom is -0.464 e. The molecule has 1 aromatic rings. The van der Waals surface area contributed by atoms with Crippen LogP contribution >= 0.6 is 0 Å². The van der Waals surface area contributed by atoms with E-state index in [1.54, 1.807) is 20.8 Å². The highest BCUT2D eigenvalue weighted by Crippen LogP contribution is 2.09. The summed E-state index contributed by atoms with van der Waals surface area (Å²) in [5, 5.41) is 6.57. The van der Waals surface area contributed by atoms with Crippen LogP contribution in [0.25, 0.3) is 0 Å². The van der Waals surface area contributed by atoms with Gasteiger partial charge in [-0.25, -0.2) is 9.59 Å². The van der Waals surface area contributed by atoms with Gasteiger partial charge in [-0.2, -0.15) is 13.5 Å². The van der Waals surface area contributed by atoms with E-state index in [2.05, 4.69) is 15.2 Å². The molecule has 1 N–H and O–H groups in total. The van der Waals surface area contributed by atoms with Crippen molar-refractivity contribution in [3.63, 3.8) is 0 Å². The van der Waals surface area contributed by atoms with Crippen LogP contribution in [0.3, 0.4) is 0 Å². The van der Waals surface area contributed by atoms with Crippen LogP contribution in [-0.2, 0) is 36.9 Å². The molecule has 0 aliphatic carbocycles. The quantitative estimate of drug-likeness (QED) is 0.543. The Kier molecular flexibility index (Phi) is 6.94. The molecule has 0 atom stereocenters. The van der Waals surface area contributed by atoms with Crippen molar-refractivity contribution >= 4 is 22.2 Å². The lowest BCUT2D eigenvalue weighted by atomic mass is 10.2. The number of carbonyl (C=O) groups is 2. The number of esters is 1. The van der Waals surface area contributed by atoms with E-state index < -0.39 is 27.8 Å². The molecule has 11 heteroatoms. The molecule has 0 aromatic carbocycles. The molecule has 0 aliphatic heterocycles. The normalized spacial score (nSPS) is 11.9. The minimum atomic E-state index is -3.66. The lowest BCUT2D eigenvalue weighted by Crippen LogP contribution is -2.34. The predicted octanol–water partition coefficient (Wildman–Crippen LogP) is 0.671. The molecule has 0 unspecified atom stereocenters. The van der Waals surface area contributed by atoms with Gasteiger partial charge in [0, 0.05) is 6.54 Å². The van der Waals surface area contributed by atoms with Gasteiger partial charge in [-0.05, 0) is 26.8 Å². The Bertz CT molecular complexity index is 719. The first-order chi connectivity index (χ1) is 11.4. The van der Waals surface area contributed by atoms with E-state index in [9.17, 15) is 18.0 Å². The summed E-state index contributed by atoms with van der Waals surface area (Å²) in [7, 11) is -2.45. The van der Waals surface area contributed by atoms with Crippen molar-refractivity contribution in [1.82, 2.24) is 15.1 Å². The summed E-state index contributed by atoms with van der Waals surface area (Å²) in [6.07, 6.45) is 0.320. The third kappa shape index (κ3) is 7.98. The maximum atomic E-state index is 11.6. The number of hydrogen-bond donors (Lipinski definition) is 1. The van der Waals surface area contributed by atoms with Crippen molar-refractivity contribution in [1.29, 1.82) is 0 Å². The van der Waals surface area contributed by atoms with Gasteiger partial charge in [-0.3, -0.25) is 8.86 Å². The van der Waals surface area contributed by atoms with Gasteiger partial charge in [0.15, 0.2) is 5.69 Å². The summed E-state index contributed by atoms with van der Waals surface area (Å²) in [6, 6.07) is 1.37. The van der Waals surface area contributed by atoms with Gasteiger partial charge in [0.05, 0.1) is 25.6 Å². The fourth-order valence-corrected chi connectivity index (χ4v) is 2.05. The zero-order valence-corrected chi connectivity index (χ0v) is 15.7. The Morgan fingerprint density at radius 1 is 1.32 bits per heavy atom. The van der Waals surface area contributed by atoms with Crippen LogP contribution < -0.4 is 5.32 Å². The van der Waals surface area contributed by atoms with Crippen molar-refractivity contribution < 1.29 is 31.7 Å². The molecule has 142 valence electrons. The smallest absolute Gasteiger partial charge is 0.407 e. The predicted molar refractivity (Wildman–Crippen MR) is 87.4 cm³/mol. The van der Waals surface area contributed by atoms with Crippen LogP contribution in [0.4, 0.5) is 4.79 Å². The van der Waals surface area contributed by atoms with Gasteiger partial charge < -0.3 is 14.8 Å². The van der Waals surface area contributed by atoms with Crippen molar-refractivity contribution in [2.45, 2.75) is 39.5 Å². The number of nitrogens with one attached hydrogen (secondary N) is 1. The third-order valence-corrected chi connectivity index (χ3v) is 3.22. The van der Waals surface area contributed by atoms with Crippen molar-refractivity contribution in [3.8, 4) is 0 Å². The van der Waals surface area contributed by atoms with Gasteiger partial charge in [0.2, 0.25) is 0 Å². The highest BCUT2D eigenvalue weighted by Gasteiger charge is 2.18. The number of nitrogens with zero attached hydrogens (tertiary/aromatic N) is 2. The summed E-state index contributed by atoms with van der Waals surface area (Å²) in [5.41, 5.74) is -0.272. The van der Waals surface area contributed by atoms with Crippen molar-refractivity contribution in [3.05, 3.63) is 17.5 Å². The molecule has 1 heterocycles. The molecule has 0 aliphatic rings. The van der Waals surface area contributed by atoms with E-state index in [4.69, 9.17) is 8.92 Å². The van der Waals surface area contributed by atoms with E-state index in [-0.39, 0.29) is 25.4 Å². The van der Waals surface area contributed by atoms with Crippen LogP contribution in [0.2, 0.25) is 0 Å². The van der Waals surface area contributed by atoms with Crippen LogP contribution in [0.15, 0.2) is 6.07 Å². The van der Waals surface area contributed by atoms with Crippen molar-refractivity contribution in [2.24, 2.45) is 0 Å². The number of rotatable bonds is 7. The second-order valence-electron chi connectivity index (χ2n) is 6.13. The molecular formula is C14H23N3O7S. The zero-order chi connectivity index (χ0) is 19.3. The first kappa shape index (κ1) is 20.9. The monoisotopic (exact) mass is 377 g/mol. The van der Waals surface area contributed by atoms with E-state index >= 15 is 0 Å². The molecule has 1 rings (SSSR count). The van der Waals surface area contributed by atoms with Gasteiger partial charge in [-0.15, -0.1) is 0 Å². The highest BCUT2D eigenvalue weighted by atomic mass is 32.2. The minimum absolute atomic E-state index is 0.00636. The van der Waals surface area contributed by atoms with Gasteiger partial charge in [0.25, 0.3) is 10.1 Å². The van der Waals surface area contributed by atoms with Gasteiger partial charge >= 0.3 is 12.1 Å². The molecule has 0 saturated heterocycles. The molecule has 10 nitrogen and oxygen atoms in total. The van der Waals surface area contributed by atoms with E-state index in [1.807, 2.05) is 0 Å². The Morgan fingerprint density at radius 3 is 2.48 bits per heavy atom. The van der Waals surface area contributed by atoms with E-state index in [1.165, 1.54) is 17.9 Å². The molecular weight excluding hydrogens is 354 g/mol. The molecule has 1 aromatic heterocycles. The van der Waals surface area contributed by atoms with Crippen LogP contribution in [0, 0.1) is 0 Å². The number of carbonyl (C=O) groups excluding carboxylic acids is 2. The number of ether oxygens (including phenoxy) is 2. The lowest BCUT2D eigenvalue weighted by molar-refractivity contribution is 0.0522. The molecule has 1 amide bonds. The summed E-state index contributed by atoms with van der Waals surface area (Å²) in [6.45, 7) is 5.26. The Labute approximate surface area is 146 Å². The summed E-state index contributed by atoms with van der Waals surface area (Å²) in [4.78, 5) is 23.2. The Morgan fingerprint density at radius 2 is 1.96 bits per heavy atom. The maximum absolute atomic E-state index is 11.6. The molecule has 0 radical (unpaired) electrons. The summed E-state index contributed by atoms with van der Waals surface area (Å²) in [5.74, 6) is -0.667. The molecule has 0 bridgehead atoms. The topological polar surface area (TPSA) is 126 Å².